The van der Waals surface area contributed by atoms with Crippen LogP contribution >= 0.6 is 0 Å². The molecule has 3 N–H and O–H groups in total. The van der Waals surface area contributed by atoms with E-state index in [4.69, 9.17) is 14.6 Å². The van der Waals surface area contributed by atoms with Gasteiger partial charge in [0.2, 0.25) is 0 Å². The molecule has 0 spiro atoms. The summed E-state index contributed by atoms with van der Waals surface area (Å²) in [5.74, 6) is -3.44. The number of hydrogen-bond donors (Lipinski definition) is 3. The Balaban J connectivity index is 0.000000587. The minimum absolute atomic E-state index is 0.125. The summed E-state index contributed by atoms with van der Waals surface area (Å²) in [5.41, 5.74) is 4.30. The number of amides is 1. The lowest BCUT2D eigenvalue weighted by Crippen LogP contribution is -2.52. The second kappa shape index (κ2) is 13.1. The summed E-state index contributed by atoms with van der Waals surface area (Å²) in [5, 5.41) is 19.5. The van der Waals surface area contributed by atoms with E-state index in [1.54, 1.807) is 43.5 Å². The van der Waals surface area contributed by atoms with Crippen LogP contribution in [0.2, 0.25) is 0 Å². The summed E-state index contributed by atoms with van der Waals surface area (Å²) in [6, 6.07) is 20.4. The van der Waals surface area contributed by atoms with Crippen molar-refractivity contribution >= 4 is 34.9 Å². The van der Waals surface area contributed by atoms with Gasteiger partial charge in [-0.2, -0.15) is 13.2 Å². The summed E-state index contributed by atoms with van der Waals surface area (Å²) in [6.07, 6.45) is -5.08. The van der Waals surface area contributed by atoms with Gasteiger partial charge in [0.1, 0.15) is 5.75 Å². The third-order valence-corrected chi connectivity index (χ3v) is 6.39. The molecule has 12 heteroatoms. The number of halogens is 3. The summed E-state index contributed by atoms with van der Waals surface area (Å²) in [4.78, 5) is 38.0. The highest BCUT2D eigenvalue weighted by atomic mass is 19.4. The number of carboxylic acids is 2. The number of aromatic carboxylic acids is 1. The Morgan fingerprint density at radius 2 is 1.59 bits per heavy atom. The monoisotopic (exact) mass is 573 g/mol. The van der Waals surface area contributed by atoms with E-state index in [0.29, 0.717) is 17.0 Å². The minimum Gasteiger partial charge on any atom is -0.497 e. The number of carbonyl (C=O) groups is 3. The Hall–Kier alpha value is -4.74. The van der Waals surface area contributed by atoms with E-state index in [0.717, 1.165) is 25.3 Å². The third kappa shape index (κ3) is 8.13. The molecule has 1 unspecified atom stereocenters. The standard InChI is InChI=1S/C27H29N3O4.C2HF3O2/c1-18-5-4-6-22(15-18)30-14-13-29(17-19(30)2)25-12-9-21(27(32)33)16-24(25)28-26(31)20-7-10-23(34-3)11-8-20;3-2(4,5)1(6)7/h4-12,15-16,19H,13-14,17H2,1-3H3,(H,28,31)(H,32,33);(H,6,7). The number of benzene rings is 3. The number of methoxy groups -OCH3 is 1. The van der Waals surface area contributed by atoms with Crippen molar-refractivity contribution in [3.63, 3.8) is 0 Å². The molecule has 1 amide bonds. The van der Waals surface area contributed by atoms with Gasteiger partial charge in [-0.1, -0.05) is 12.1 Å². The number of carbonyl (C=O) groups excluding carboxylic acids is 1. The quantitative estimate of drug-likeness (QED) is 0.364. The third-order valence-electron chi connectivity index (χ3n) is 6.39. The van der Waals surface area contributed by atoms with E-state index < -0.39 is 18.1 Å². The normalized spacial score (nSPS) is 14.9. The highest BCUT2D eigenvalue weighted by Gasteiger charge is 2.38. The van der Waals surface area contributed by atoms with Crippen LogP contribution in [0.5, 0.6) is 5.75 Å². The molecule has 1 aliphatic rings. The van der Waals surface area contributed by atoms with Crippen LogP contribution < -0.4 is 19.9 Å². The summed E-state index contributed by atoms with van der Waals surface area (Å²) < 4.78 is 36.9. The lowest BCUT2D eigenvalue weighted by Gasteiger charge is -2.43. The number of nitrogens with one attached hydrogen (secondary N) is 1. The molecule has 0 radical (unpaired) electrons. The van der Waals surface area contributed by atoms with Crippen molar-refractivity contribution in [3.05, 3.63) is 83.4 Å². The molecule has 1 heterocycles. The van der Waals surface area contributed by atoms with E-state index >= 15 is 0 Å². The number of hydrogen-bond acceptors (Lipinski definition) is 6. The van der Waals surface area contributed by atoms with Crippen LogP contribution in [0.1, 0.15) is 33.2 Å². The Morgan fingerprint density at radius 3 is 2.12 bits per heavy atom. The molecular weight excluding hydrogens is 543 g/mol. The number of nitrogens with zero attached hydrogens (tertiary/aromatic N) is 2. The van der Waals surface area contributed by atoms with E-state index in [1.807, 2.05) is 0 Å². The lowest BCUT2D eigenvalue weighted by molar-refractivity contribution is -0.192. The second-order valence-corrected chi connectivity index (χ2v) is 9.35. The van der Waals surface area contributed by atoms with Gasteiger partial charge < -0.3 is 30.1 Å². The first-order valence-electron chi connectivity index (χ1n) is 12.5. The Labute approximate surface area is 234 Å². The zero-order valence-corrected chi connectivity index (χ0v) is 22.6. The lowest BCUT2D eigenvalue weighted by atomic mass is 10.1. The highest BCUT2D eigenvalue weighted by Crippen LogP contribution is 2.31. The van der Waals surface area contributed by atoms with Gasteiger partial charge >= 0.3 is 18.1 Å². The van der Waals surface area contributed by atoms with Crippen LogP contribution in [0.25, 0.3) is 0 Å². The van der Waals surface area contributed by atoms with Crippen molar-refractivity contribution in [2.45, 2.75) is 26.1 Å². The molecule has 1 atom stereocenters. The van der Waals surface area contributed by atoms with Gasteiger partial charge in [-0.15, -0.1) is 0 Å². The van der Waals surface area contributed by atoms with Crippen molar-refractivity contribution in [2.24, 2.45) is 0 Å². The molecular formula is C29H30F3N3O6. The largest absolute Gasteiger partial charge is 0.497 e. The Bertz CT molecular complexity index is 1400. The molecule has 0 saturated carbocycles. The number of ether oxygens (including phenoxy) is 1. The number of alkyl halides is 3. The van der Waals surface area contributed by atoms with Crippen LogP contribution in [-0.2, 0) is 4.79 Å². The first-order valence-corrected chi connectivity index (χ1v) is 12.5. The zero-order valence-electron chi connectivity index (χ0n) is 22.6. The molecule has 3 aromatic rings. The molecule has 9 nitrogen and oxygen atoms in total. The number of aliphatic carboxylic acids is 1. The van der Waals surface area contributed by atoms with Gasteiger partial charge in [0, 0.05) is 36.9 Å². The predicted octanol–water partition coefficient (Wildman–Crippen LogP) is 5.30. The second-order valence-electron chi connectivity index (χ2n) is 9.35. The van der Waals surface area contributed by atoms with E-state index in [-0.39, 0.29) is 17.5 Å². The summed E-state index contributed by atoms with van der Waals surface area (Å²) in [6.45, 7) is 6.57. The maximum atomic E-state index is 12.9. The fourth-order valence-corrected chi connectivity index (χ4v) is 4.35. The number of rotatable bonds is 6. The van der Waals surface area contributed by atoms with Gasteiger partial charge in [-0.25, -0.2) is 9.59 Å². The number of carboxylic acid groups (broad SMARTS) is 2. The van der Waals surface area contributed by atoms with Crippen molar-refractivity contribution < 1.29 is 42.5 Å². The molecule has 3 aromatic carbocycles. The topological polar surface area (TPSA) is 119 Å². The van der Waals surface area contributed by atoms with Crippen LogP contribution in [0.15, 0.2) is 66.7 Å². The molecule has 0 aliphatic carbocycles. The fraction of sp³-hybridized carbons (Fsp3) is 0.276. The summed E-state index contributed by atoms with van der Waals surface area (Å²) >= 11 is 0. The van der Waals surface area contributed by atoms with Crippen LogP contribution in [0, 0.1) is 6.92 Å². The number of aryl methyl sites for hydroxylation is 1. The molecule has 0 aromatic heterocycles. The van der Waals surface area contributed by atoms with Crippen LogP contribution in [0.4, 0.5) is 30.2 Å². The maximum Gasteiger partial charge on any atom is 0.490 e. The highest BCUT2D eigenvalue weighted by molar-refractivity contribution is 6.06. The minimum atomic E-state index is -5.08. The molecule has 1 fully saturated rings. The van der Waals surface area contributed by atoms with E-state index in [9.17, 15) is 27.9 Å². The maximum absolute atomic E-state index is 12.9. The molecule has 41 heavy (non-hydrogen) atoms. The van der Waals surface area contributed by atoms with Crippen LogP contribution in [-0.4, -0.2) is 67.0 Å². The first kappa shape index (κ1) is 30.8. The van der Waals surface area contributed by atoms with Crippen molar-refractivity contribution in [1.29, 1.82) is 0 Å². The fourth-order valence-electron chi connectivity index (χ4n) is 4.35. The Kier molecular flexibility index (Phi) is 9.82. The summed E-state index contributed by atoms with van der Waals surface area (Å²) in [7, 11) is 1.57. The van der Waals surface area contributed by atoms with Crippen LogP contribution in [0.3, 0.4) is 0 Å². The molecule has 218 valence electrons. The van der Waals surface area contributed by atoms with Crippen molar-refractivity contribution in [3.8, 4) is 5.75 Å². The van der Waals surface area contributed by atoms with Gasteiger partial charge in [-0.05, 0) is 74.0 Å². The van der Waals surface area contributed by atoms with E-state index in [2.05, 4.69) is 53.2 Å². The van der Waals surface area contributed by atoms with Gasteiger partial charge in [0.05, 0.1) is 24.0 Å². The first-order chi connectivity index (χ1) is 19.3. The van der Waals surface area contributed by atoms with Crippen molar-refractivity contribution in [2.75, 3.05) is 41.9 Å². The SMILES string of the molecule is COc1ccc(C(=O)Nc2cc(C(=O)O)ccc2N2CCN(c3cccc(C)c3)C(C)C2)cc1.O=C(O)C(F)(F)F. The predicted molar refractivity (Wildman–Crippen MR) is 148 cm³/mol. The average molecular weight is 574 g/mol. The van der Waals surface area contributed by atoms with Gasteiger partial charge in [0.25, 0.3) is 5.91 Å². The molecule has 1 aliphatic heterocycles. The van der Waals surface area contributed by atoms with Crippen molar-refractivity contribution in [1.82, 2.24) is 0 Å². The molecule has 1 saturated heterocycles. The van der Waals surface area contributed by atoms with Gasteiger partial charge in [-0.3, -0.25) is 4.79 Å². The number of anilines is 3. The van der Waals surface area contributed by atoms with E-state index in [1.165, 1.54) is 17.3 Å². The zero-order chi connectivity index (χ0) is 30.3. The Morgan fingerprint density at radius 1 is 0.951 bits per heavy atom. The smallest absolute Gasteiger partial charge is 0.490 e. The average Bonchev–Trinajstić information content (AvgIpc) is 2.92. The number of piperazine rings is 1. The molecule has 0 bridgehead atoms. The van der Waals surface area contributed by atoms with Gasteiger partial charge in [0.15, 0.2) is 0 Å². The molecule has 4 rings (SSSR count).